The number of likely N-dealkylation sites (tertiary alicyclic amines) is 1. The molecule has 1 fully saturated rings. The van der Waals surface area contributed by atoms with E-state index in [-0.39, 0.29) is 5.41 Å². The third-order valence-electron chi connectivity index (χ3n) is 6.06. The molecule has 3 N–H and O–H groups in total. The maximum atomic E-state index is 12.0. The second kappa shape index (κ2) is 6.83. The van der Waals surface area contributed by atoms with Gasteiger partial charge < -0.3 is 5.11 Å². The molecule has 0 bridgehead atoms. The molecule has 1 unspecified atom stereocenters. The van der Waals surface area contributed by atoms with Crippen molar-refractivity contribution in [1.82, 2.24) is 10.4 Å². The van der Waals surface area contributed by atoms with Gasteiger partial charge in [-0.05, 0) is 55.1 Å². The van der Waals surface area contributed by atoms with Crippen LogP contribution in [0.1, 0.15) is 46.0 Å². The summed E-state index contributed by atoms with van der Waals surface area (Å²) in [6.07, 6.45) is 1.93. The predicted octanol–water partition coefficient (Wildman–Crippen LogP) is 2.68. The lowest BCUT2D eigenvalue weighted by Gasteiger charge is -2.41. The number of rotatable bonds is 3. The molecule has 1 aliphatic carbocycles. The van der Waals surface area contributed by atoms with Gasteiger partial charge in [0.05, 0.1) is 6.10 Å². The minimum absolute atomic E-state index is 0.207. The van der Waals surface area contributed by atoms with Crippen LogP contribution in [0.25, 0.3) is 0 Å². The topological polar surface area (TPSA) is 72.8 Å². The van der Waals surface area contributed by atoms with Crippen LogP contribution in [0.15, 0.2) is 48.5 Å². The van der Waals surface area contributed by atoms with Crippen LogP contribution in [0.3, 0.4) is 0 Å². The van der Waals surface area contributed by atoms with Crippen LogP contribution < -0.4 is 5.48 Å². The maximum Gasteiger partial charge on any atom is 0.274 e. The molecule has 1 amide bonds. The molecular formula is C21H24N2O3. The van der Waals surface area contributed by atoms with E-state index >= 15 is 0 Å². The van der Waals surface area contributed by atoms with Gasteiger partial charge in [-0.3, -0.25) is 14.9 Å². The van der Waals surface area contributed by atoms with Crippen molar-refractivity contribution in [2.45, 2.75) is 31.9 Å². The second-order valence-corrected chi connectivity index (χ2v) is 7.52. The second-order valence-electron chi connectivity index (χ2n) is 7.52. The van der Waals surface area contributed by atoms with Gasteiger partial charge in [-0.15, -0.1) is 0 Å². The van der Waals surface area contributed by atoms with E-state index in [1.807, 2.05) is 12.1 Å². The standard InChI is InChI=1S/C21H24N2O3/c24-19-16-7-4-8-17(20(25)22-26)18(16)13-21(19)9-11-23(12-10-21)14-15-5-2-1-3-6-15/h1-8,19,24,26H,9-14H2,(H,22,25). The third-order valence-corrected chi connectivity index (χ3v) is 6.06. The number of hydrogen-bond donors (Lipinski definition) is 3. The minimum Gasteiger partial charge on any atom is -0.388 e. The van der Waals surface area contributed by atoms with E-state index in [1.165, 1.54) is 5.56 Å². The van der Waals surface area contributed by atoms with Crippen molar-refractivity contribution in [3.63, 3.8) is 0 Å². The molecule has 2 aromatic carbocycles. The van der Waals surface area contributed by atoms with E-state index in [1.54, 1.807) is 17.6 Å². The monoisotopic (exact) mass is 352 g/mol. The summed E-state index contributed by atoms with van der Waals surface area (Å²) < 4.78 is 0. The molecule has 5 heteroatoms. The van der Waals surface area contributed by atoms with E-state index in [0.29, 0.717) is 12.0 Å². The van der Waals surface area contributed by atoms with E-state index in [4.69, 9.17) is 5.21 Å². The molecule has 1 atom stereocenters. The van der Waals surface area contributed by atoms with Gasteiger partial charge in [0.2, 0.25) is 0 Å². The van der Waals surface area contributed by atoms with Crippen LogP contribution in [-0.2, 0) is 13.0 Å². The molecule has 5 nitrogen and oxygen atoms in total. The minimum atomic E-state index is -0.553. The maximum absolute atomic E-state index is 12.0. The molecular weight excluding hydrogens is 328 g/mol. The van der Waals surface area contributed by atoms with Gasteiger partial charge in [-0.2, -0.15) is 0 Å². The number of benzene rings is 2. The Bertz CT molecular complexity index is 798. The Balaban J connectivity index is 1.50. The van der Waals surface area contributed by atoms with Gasteiger partial charge in [-0.25, -0.2) is 5.48 Å². The van der Waals surface area contributed by atoms with Crippen LogP contribution in [0.5, 0.6) is 0 Å². The fourth-order valence-electron chi connectivity index (χ4n) is 4.56. The number of fused-ring (bicyclic) bond motifs is 1. The summed E-state index contributed by atoms with van der Waals surface area (Å²) in [5, 5.41) is 20.0. The number of carbonyl (C=O) groups excluding carboxylic acids is 1. The van der Waals surface area contributed by atoms with Gasteiger partial charge in [0.25, 0.3) is 5.91 Å². The molecule has 0 saturated carbocycles. The first-order valence-electron chi connectivity index (χ1n) is 9.13. The normalized spacial score (nSPS) is 21.5. The van der Waals surface area contributed by atoms with Gasteiger partial charge >= 0.3 is 0 Å². The smallest absolute Gasteiger partial charge is 0.274 e. The number of hydrogen-bond acceptors (Lipinski definition) is 4. The zero-order valence-electron chi connectivity index (χ0n) is 14.7. The fraction of sp³-hybridized carbons (Fsp3) is 0.381. The highest BCUT2D eigenvalue weighted by Gasteiger charge is 2.47. The predicted molar refractivity (Wildman–Crippen MR) is 97.7 cm³/mol. The van der Waals surface area contributed by atoms with E-state index < -0.39 is 12.0 Å². The number of amides is 1. The van der Waals surface area contributed by atoms with Gasteiger partial charge in [0, 0.05) is 17.5 Å². The fourth-order valence-corrected chi connectivity index (χ4v) is 4.56. The number of piperidine rings is 1. The van der Waals surface area contributed by atoms with Crippen molar-refractivity contribution in [2.24, 2.45) is 5.41 Å². The lowest BCUT2D eigenvalue weighted by atomic mass is 9.74. The summed E-state index contributed by atoms with van der Waals surface area (Å²) in [6, 6.07) is 15.8. The Kier molecular flexibility index (Phi) is 4.53. The number of aliphatic hydroxyl groups excluding tert-OH is 1. The van der Waals surface area contributed by atoms with Crippen LogP contribution in [0, 0.1) is 5.41 Å². The first kappa shape index (κ1) is 17.2. The van der Waals surface area contributed by atoms with Crippen molar-refractivity contribution < 1.29 is 15.1 Å². The zero-order chi connectivity index (χ0) is 18.1. The summed E-state index contributed by atoms with van der Waals surface area (Å²) >= 11 is 0. The average molecular weight is 352 g/mol. The summed E-state index contributed by atoms with van der Waals surface area (Å²) in [5.41, 5.74) is 5.00. The van der Waals surface area contributed by atoms with Crippen molar-refractivity contribution in [3.05, 3.63) is 70.8 Å². The van der Waals surface area contributed by atoms with Crippen molar-refractivity contribution in [1.29, 1.82) is 0 Å². The van der Waals surface area contributed by atoms with E-state index in [2.05, 4.69) is 29.2 Å². The molecule has 1 saturated heterocycles. The molecule has 136 valence electrons. The lowest BCUT2D eigenvalue weighted by Crippen LogP contribution is -2.42. The molecule has 2 aromatic rings. The summed E-state index contributed by atoms with van der Waals surface area (Å²) in [5.74, 6) is -0.507. The third kappa shape index (κ3) is 2.92. The zero-order valence-corrected chi connectivity index (χ0v) is 14.7. The van der Waals surface area contributed by atoms with E-state index in [9.17, 15) is 9.90 Å². The molecule has 2 aliphatic rings. The number of hydroxylamine groups is 1. The van der Waals surface area contributed by atoms with Gasteiger partial charge in [0.15, 0.2) is 0 Å². The average Bonchev–Trinajstić information content (AvgIpc) is 2.96. The molecule has 1 spiro atoms. The number of nitrogens with one attached hydrogen (secondary N) is 1. The molecule has 0 aromatic heterocycles. The van der Waals surface area contributed by atoms with Gasteiger partial charge in [0.1, 0.15) is 0 Å². The van der Waals surface area contributed by atoms with Crippen molar-refractivity contribution >= 4 is 5.91 Å². The van der Waals surface area contributed by atoms with E-state index in [0.717, 1.165) is 43.6 Å². The summed E-state index contributed by atoms with van der Waals surface area (Å²) in [4.78, 5) is 14.4. The highest BCUT2D eigenvalue weighted by atomic mass is 16.5. The van der Waals surface area contributed by atoms with Crippen molar-refractivity contribution in [2.75, 3.05) is 13.1 Å². The number of nitrogens with zero attached hydrogens (tertiary/aromatic N) is 1. The van der Waals surface area contributed by atoms with Crippen molar-refractivity contribution in [3.8, 4) is 0 Å². The Morgan fingerprint density at radius 1 is 1.12 bits per heavy atom. The highest BCUT2D eigenvalue weighted by Crippen LogP contribution is 2.52. The first-order chi connectivity index (χ1) is 12.6. The highest BCUT2D eigenvalue weighted by molar-refractivity contribution is 5.95. The molecule has 26 heavy (non-hydrogen) atoms. The largest absolute Gasteiger partial charge is 0.388 e. The number of aliphatic hydroxyl groups is 1. The Morgan fingerprint density at radius 3 is 2.54 bits per heavy atom. The lowest BCUT2D eigenvalue weighted by molar-refractivity contribution is -0.0140. The quantitative estimate of drug-likeness (QED) is 0.587. The van der Waals surface area contributed by atoms with Crippen LogP contribution in [0.2, 0.25) is 0 Å². The molecule has 4 rings (SSSR count). The van der Waals surface area contributed by atoms with Crippen LogP contribution >= 0.6 is 0 Å². The molecule has 0 radical (unpaired) electrons. The molecule has 1 aliphatic heterocycles. The Hall–Kier alpha value is -2.21. The summed E-state index contributed by atoms with van der Waals surface area (Å²) in [7, 11) is 0. The van der Waals surface area contributed by atoms with Gasteiger partial charge in [-0.1, -0.05) is 42.5 Å². The SMILES string of the molecule is O=C(NO)c1cccc2c1CC1(CCN(Cc3ccccc3)CC1)C2O. The van der Waals surface area contributed by atoms with Crippen LogP contribution in [-0.4, -0.2) is 34.2 Å². The Morgan fingerprint density at radius 2 is 1.85 bits per heavy atom. The Labute approximate surface area is 153 Å². The molecule has 1 heterocycles. The number of carbonyl (C=O) groups is 1. The first-order valence-corrected chi connectivity index (χ1v) is 9.13. The summed E-state index contributed by atoms with van der Waals surface area (Å²) in [6.45, 7) is 2.79. The van der Waals surface area contributed by atoms with Crippen LogP contribution in [0.4, 0.5) is 0 Å².